The molecule has 0 atom stereocenters. The molecule has 0 radical (unpaired) electrons. The lowest BCUT2D eigenvalue weighted by atomic mass is 10.2. The number of nitrogens with zero attached hydrogens (tertiary/aromatic N) is 2. The molecular weight excluding hydrogens is 328 g/mol. The molecule has 26 heavy (non-hydrogen) atoms. The van der Waals surface area contributed by atoms with Crippen molar-refractivity contribution in [2.75, 3.05) is 38.8 Å². The minimum absolute atomic E-state index is 0.0982. The molecule has 0 saturated heterocycles. The van der Waals surface area contributed by atoms with Crippen LogP contribution in [0.5, 0.6) is 11.5 Å². The zero-order chi connectivity index (χ0) is 18.9. The zero-order valence-electron chi connectivity index (χ0n) is 16.1. The van der Waals surface area contributed by atoms with Gasteiger partial charge in [0.25, 0.3) is 0 Å². The number of carbonyl (C=O) groups excluding carboxylic acids is 1. The van der Waals surface area contributed by atoms with Crippen LogP contribution < -0.4 is 14.4 Å². The number of para-hydroxylation sites is 1. The highest BCUT2D eigenvalue weighted by atomic mass is 16.5. The predicted molar refractivity (Wildman–Crippen MR) is 105 cm³/mol. The Bertz CT molecular complexity index is 704. The first-order valence-corrected chi connectivity index (χ1v) is 8.91. The van der Waals surface area contributed by atoms with Crippen molar-refractivity contribution in [3.8, 4) is 11.5 Å². The number of rotatable bonds is 9. The molecule has 0 aliphatic heterocycles. The van der Waals surface area contributed by atoms with Crippen molar-refractivity contribution in [2.45, 2.75) is 20.4 Å². The summed E-state index contributed by atoms with van der Waals surface area (Å²) in [5, 5.41) is 0. The van der Waals surface area contributed by atoms with E-state index in [0.717, 1.165) is 17.8 Å². The van der Waals surface area contributed by atoms with Crippen LogP contribution in [0.3, 0.4) is 0 Å². The van der Waals surface area contributed by atoms with Crippen LogP contribution in [-0.4, -0.2) is 44.7 Å². The third-order valence-corrected chi connectivity index (χ3v) is 4.35. The van der Waals surface area contributed by atoms with Crippen molar-refractivity contribution in [3.05, 3.63) is 54.1 Å². The van der Waals surface area contributed by atoms with Gasteiger partial charge < -0.3 is 14.4 Å². The van der Waals surface area contributed by atoms with E-state index in [1.54, 1.807) is 14.2 Å². The summed E-state index contributed by atoms with van der Waals surface area (Å²) in [6.45, 7) is 6.54. The third-order valence-electron chi connectivity index (χ3n) is 4.35. The second kappa shape index (κ2) is 9.82. The molecule has 0 N–H and O–H groups in total. The number of methoxy groups -OCH3 is 2. The van der Waals surface area contributed by atoms with E-state index in [2.05, 4.69) is 11.8 Å². The molecule has 0 saturated carbocycles. The van der Waals surface area contributed by atoms with E-state index in [1.165, 1.54) is 0 Å². The Morgan fingerprint density at radius 1 is 0.923 bits per heavy atom. The molecule has 140 valence electrons. The maximum atomic E-state index is 12.8. The molecule has 0 spiro atoms. The number of anilines is 1. The van der Waals surface area contributed by atoms with Crippen LogP contribution in [0.4, 0.5) is 5.69 Å². The molecule has 0 heterocycles. The zero-order valence-corrected chi connectivity index (χ0v) is 16.1. The second-order valence-corrected chi connectivity index (χ2v) is 5.97. The van der Waals surface area contributed by atoms with Crippen LogP contribution in [0.2, 0.25) is 0 Å². The van der Waals surface area contributed by atoms with E-state index in [-0.39, 0.29) is 5.91 Å². The highest BCUT2D eigenvalue weighted by Gasteiger charge is 2.17. The highest BCUT2D eigenvalue weighted by Crippen LogP contribution is 2.28. The van der Waals surface area contributed by atoms with Gasteiger partial charge in [0.15, 0.2) is 11.5 Å². The van der Waals surface area contributed by atoms with E-state index in [0.29, 0.717) is 31.1 Å². The lowest BCUT2D eigenvalue weighted by Crippen LogP contribution is -2.40. The Balaban J connectivity index is 2.07. The molecule has 0 unspecified atom stereocenters. The minimum atomic E-state index is 0.0982. The number of amides is 1. The first-order chi connectivity index (χ1) is 12.6. The topological polar surface area (TPSA) is 42.0 Å². The fourth-order valence-electron chi connectivity index (χ4n) is 2.90. The van der Waals surface area contributed by atoms with Crippen molar-refractivity contribution in [1.29, 1.82) is 0 Å². The van der Waals surface area contributed by atoms with Gasteiger partial charge in [0.1, 0.15) is 0 Å². The molecule has 1 amide bonds. The Kier molecular flexibility index (Phi) is 7.48. The summed E-state index contributed by atoms with van der Waals surface area (Å²) in [5.41, 5.74) is 2.02. The van der Waals surface area contributed by atoms with E-state index in [9.17, 15) is 4.79 Å². The van der Waals surface area contributed by atoms with Crippen LogP contribution in [0.15, 0.2) is 48.5 Å². The van der Waals surface area contributed by atoms with Gasteiger partial charge in [0.05, 0.1) is 20.8 Å². The molecule has 2 aromatic carbocycles. The third kappa shape index (κ3) is 4.99. The predicted octanol–water partition coefficient (Wildman–Crippen LogP) is 3.58. The van der Waals surface area contributed by atoms with Crippen molar-refractivity contribution in [1.82, 2.24) is 4.90 Å². The van der Waals surface area contributed by atoms with Crippen molar-refractivity contribution in [3.63, 3.8) is 0 Å². The Hall–Kier alpha value is -2.53. The van der Waals surface area contributed by atoms with Gasteiger partial charge in [0, 0.05) is 18.8 Å². The van der Waals surface area contributed by atoms with Crippen LogP contribution in [0, 0.1) is 0 Å². The second-order valence-electron chi connectivity index (χ2n) is 5.97. The normalized spacial score (nSPS) is 10.7. The summed E-state index contributed by atoms with van der Waals surface area (Å²) in [6, 6.07) is 15.6. The number of hydrogen-bond donors (Lipinski definition) is 0. The van der Waals surface area contributed by atoms with Crippen LogP contribution in [0.25, 0.3) is 0 Å². The fourth-order valence-corrected chi connectivity index (χ4v) is 2.90. The van der Waals surface area contributed by atoms with E-state index in [1.807, 2.05) is 60.4 Å². The maximum Gasteiger partial charge on any atom is 0.241 e. The average Bonchev–Trinajstić information content (AvgIpc) is 2.68. The molecule has 5 nitrogen and oxygen atoms in total. The van der Waals surface area contributed by atoms with Gasteiger partial charge in [-0.2, -0.15) is 0 Å². The molecule has 5 heteroatoms. The smallest absolute Gasteiger partial charge is 0.241 e. The first kappa shape index (κ1) is 19.8. The number of carbonyl (C=O) groups is 1. The fraction of sp³-hybridized carbons (Fsp3) is 0.381. The van der Waals surface area contributed by atoms with Gasteiger partial charge >= 0.3 is 0 Å². The summed E-state index contributed by atoms with van der Waals surface area (Å²) >= 11 is 0. The van der Waals surface area contributed by atoms with Crippen LogP contribution >= 0.6 is 0 Å². The average molecular weight is 356 g/mol. The molecular formula is C21H28N2O3. The summed E-state index contributed by atoms with van der Waals surface area (Å²) in [6.07, 6.45) is 0. The van der Waals surface area contributed by atoms with Crippen LogP contribution in [0.1, 0.15) is 19.4 Å². The number of benzene rings is 2. The quantitative estimate of drug-likeness (QED) is 0.689. The molecule has 2 rings (SSSR count). The van der Waals surface area contributed by atoms with E-state index in [4.69, 9.17) is 9.47 Å². The Labute approximate surface area is 156 Å². The molecule has 2 aromatic rings. The summed E-state index contributed by atoms with van der Waals surface area (Å²) in [5.74, 6) is 1.50. The van der Waals surface area contributed by atoms with E-state index >= 15 is 0 Å². The Morgan fingerprint density at radius 3 is 2.19 bits per heavy atom. The van der Waals surface area contributed by atoms with Crippen molar-refractivity contribution < 1.29 is 14.3 Å². The molecule has 0 bridgehead atoms. The van der Waals surface area contributed by atoms with Crippen molar-refractivity contribution >= 4 is 11.6 Å². The number of hydrogen-bond acceptors (Lipinski definition) is 4. The van der Waals surface area contributed by atoms with Gasteiger partial charge in [-0.3, -0.25) is 9.69 Å². The van der Waals surface area contributed by atoms with Gasteiger partial charge in [0.2, 0.25) is 5.91 Å². The first-order valence-electron chi connectivity index (χ1n) is 8.91. The molecule has 0 aromatic heterocycles. The Morgan fingerprint density at radius 2 is 1.62 bits per heavy atom. The SMILES string of the molecule is CCN(CC(=O)N(CC)c1ccccc1)Cc1ccc(OC)c(OC)c1. The van der Waals surface area contributed by atoms with E-state index < -0.39 is 0 Å². The molecule has 0 fully saturated rings. The number of ether oxygens (including phenoxy) is 2. The lowest BCUT2D eigenvalue weighted by molar-refractivity contribution is -0.119. The maximum absolute atomic E-state index is 12.8. The van der Waals surface area contributed by atoms with Crippen LogP contribution in [-0.2, 0) is 11.3 Å². The van der Waals surface area contributed by atoms with Gasteiger partial charge in [-0.15, -0.1) is 0 Å². The molecule has 0 aliphatic carbocycles. The van der Waals surface area contributed by atoms with Gasteiger partial charge in [-0.05, 0) is 43.3 Å². The summed E-state index contributed by atoms with van der Waals surface area (Å²) in [7, 11) is 3.25. The standard InChI is InChI=1S/C21H28N2O3/c1-5-22(15-17-12-13-19(25-3)20(14-17)26-4)16-21(24)23(6-2)18-10-8-7-9-11-18/h7-14H,5-6,15-16H2,1-4H3. The van der Waals surface area contributed by atoms with Crippen molar-refractivity contribution in [2.24, 2.45) is 0 Å². The van der Waals surface area contributed by atoms with Gasteiger partial charge in [-0.25, -0.2) is 0 Å². The lowest BCUT2D eigenvalue weighted by Gasteiger charge is -2.26. The van der Waals surface area contributed by atoms with Gasteiger partial charge in [-0.1, -0.05) is 31.2 Å². The summed E-state index contributed by atoms with van der Waals surface area (Å²) < 4.78 is 10.7. The minimum Gasteiger partial charge on any atom is -0.493 e. The highest BCUT2D eigenvalue weighted by molar-refractivity contribution is 5.94. The number of likely N-dealkylation sites (N-methyl/N-ethyl adjacent to an activating group) is 2. The molecule has 0 aliphatic rings. The monoisotopic (exact) mass is 356 g/mol. The largest absolute Gasteiger partial charge is 0.493 e. The summed E-state index contributed by atoms with van der Waals surface area (Å²) in [4.78, 5) is 16.7.